The highest BCUT2D eigenvalue weighted by Crippen LogP contribution is 2.20. The molecule has 1 atom stereocenters. The van der Waals surface area contributed by atoms with Crippen LogP contribution in [0.4, 0.5) is 23.5 Å². The SMILES string of the molecule is O=CN(O)[C@@H](CCc1ncc(F)cn1)CS(=O)(=O)N1CCN(c2ncc(OCC(F)(F)F)cn2)CC1. The van der Waals surface area contributed by atoms with Crippen LogP contribution in [0.5, 0.6) is 5.75 Å². The Morgan fingerprint density at radius 3 is 2.25 bits per heavy atom. The van der Waals surface area contributed by atoms with E-state index in [1.807, 2.05) is 0 Å². The van der Waals surface area contributed by atoms with Gasteiger partial charge >= 0.3 is 6.18 Å². The maximum atomic E-state index is 13.0. The van der Waals surface area contributed by atoms with Crippen molar-refractivity contribution in [3.05, 3.63) is 36.4 Å². The molecule has 0 spiro atoms. The Morgan fingerprint density at radius 2 is 1.69 bits per heavy atom. The zero-order valence-corrected chi connectivity index (χ0v) is 19.6. The monoisotopic (exact) mass is 537 g/mol. The second-order valence-electron chi connectivity index (χ2n) is 7.78. The number of carbonyl (C=O) groups is 1. The molecule has 1 aliphatic heterocycles. The smallest absolute Gasteiger partial charge is 0.422 e. The van der Waals surface area contributed by atoms with Gasteiger partial charge in [0.05, 0.1) is 36.6 Å². The van der Waals surface area contributed by atoms with Gasteiger partial charge in [0.15, 0.2) is 18.2 Å². The summed E-state index contributed by atoms with van der Waals surface area (Å²) in [5.74, 6) is -0.930. The van der Waals surface area contributed by atoms with Gasteiger partial charge < -0.3 is 9.64 Å². The van der Waals surface area contributed by atoms with Crippen LogP contribution < -0.4 is 9.64 Å². The molecule has 1 aliphatic rings. The minimum Gasteiger partial charge on any atom is -0.481 e. The van der Waals surface area contributed by atoms with Crippen LogP contribution in [0.3, 0.4) is 0 Å². The summed E-state index contributed by atoms with van der Waals surface area (Å²) >= 11 is 0. The lowest BCUT2D eigenvalue weighted by Crippen LogP contribution is -2.51. The maximum Gasteiger partial charge on any atom is 0.422 e. The Kier molecular flexibility index (Phi) is 8.91. The summed E-state index contributed by atoms with van der Waals surface area (Å²) in [5.41, 5.74) is 0. The zero-order valence-electron chi connectivity index (χ0n) is 18.8. The van der Waals surface area contributed by atoms with Gasteiger partial charge in [-0.3, -0.25) is 10.0 Å². The highest BCUT2D eigenvalue weighted by Gasteiger charge is 2.32. The van der Waals surface area contributed by atoms with Crippen molar-refractivity contribution >= 4 is 22.4 Å². The fraction of sp³-hybridized carbons (Fsp3) is 0.526. The quantitative estimate of drug-likeness (QED) is 0.188. The van der Waals surface area contributed by atoms with Crippen molar-refractivity contribution in [2.75, 3.05) is 43.4 Å². The number of aryl methyl sites for hydroxylation is 1. The Labute approximate surface area is 203 Å². The van der Waals surface area contributed by atoms with Crippen molar-refractivity contribution in [2.24, 2.45) is 0 Å². The predicted molar refractivity (Wildman–Crippen MR) is 115 cm³/mol. The van der Waals surface area contributed by atoms with Gasteiger partial charge in [-0.15, -0.1) is 0 Å². The Bertz CT molecular complexity index is 1100. The molecule has 2 aromatic heterocycles. The van der Waals surface area contributed by atoms with Gasteiger partial charge in [-0.2, -0.15) is 17.5 Å². The molecule has 1 fully saturated rings. The number of piperazine rings is 1. The highest BCUT2D eigenvalue weighted by atomic mass is 32.2. The molecule has 3 heterocycles. The number of hydrogen-bond donors (Lipinski definition) is 1. The largest absolute Gasteiger partial charge is 0.481 e. The molecule has 12 nitrogen and oxygen atoms in total. The minimum atomic E-state index is -4.49. The number of ether oxygens (including phenoxy) is 1. The number of aromatic nitrogens is 4. The number of rotatable bonds is 11. The van der Waals surface area contributed by atoms with Crippen molar-refractivity contribution in [1.82, 2.24) is 29.3 Å². The first-order valence-corrected chi connectivity index (χ1v) is 12.2. The summed E-state index contributed by atoms with van der Waals surface area (Å²) in [7, 11) is -3.90. The number of amides is 1. The van der Waals surface area contributed by atoms with Crippen LogP contribution in [0.25, 0.3) is 0 Å². The second kappa shape index (κ2) is 11.7. The Balaban J connectivity index is 1.55. The number of sulfonamides is 1. The molecule has 0 bridgehead atoms. The molecule has 1 saturated heterocycles. The number of carbonyl (C=O) groups excluding carboxylic acids is 1. The molecule has 0 aliphatic carbocycles. The summed E-state index contributed by atoms with van der Waals surface area (Å²) in [5, 5.41) is 10.2. The Morgan fingerprint density at radius 1 is 1.08 bits per heavy atom. The molecule has 3 rings (SSSR count). The number of hydroxylamine groups is 2. The first-order valence-electron chi connectivity index (χ1n) is 10.6. The van der Waals surface area contributed by atoms with Gasteiger partial charge in [0, 0.05) is 32.6 Å². The summed E-state index contributed by atoms with van der Waals surface area (Å²) in [6.07, 6.45) is -0.177. The molecule has 0 unspecified atom stereocenters. The van der Waals surface area contributed by atoms with Gasteiger partial charge in [0.1, 0.15) is 5.82 Å². The molecule has 0 radical (unpaired) electrons. The van der Waals surface area contributed by atoms with E-state index in [0.717, 1.165) is 24.8 Å². The summed E-state index contributed by atoms with van der Waals surface area (Å²) in [6.45, 7) is -0.963. The average Bonchev–Trinajstić information content (AvgIpc) is 2.85. The van der Waals surface area contributed by atoms with E-state index in [9.17, 15) is 36.0 Å². The minimum absolute atomic E-state index is 0.0106. The van der Waals surface area contributed by atoms with Crippen molar-refractivity contribution in [2.45, 2.75) is 25.1 Å². The van der Waals surface area contributed by atoms with Crippen molar-refractivity contribution in [3.63, 3.8) is 0 Å². The second-order valence-corrected chi connectivity index (χ2v) is 9.80. The van der Waals surface area contributed by atoms with Crippen molar-refractivity contribution in [1.29, 1.82) is 0 Å². The highest BCUT2D eigenvalue weighted by molar-refractivity contribution is 7.89. The zero-order chi connectivity index (χ0) is 26.3. The molecule has 198 valence electrons. The summed E-state index contributed by atoms with van der Waals surface area (Å²) < 4.78 is 81.3. The molecule has 36 heavy (non-hydrogen) atoms. The molecule has 1 amide bonds. The predicted octanol–water partition coefficient (Wildman–Crippen LogP) is 0.648. The molecular weight excluding hydrogens is 514 g/mol. The van der Waals surface area contributed by atoms with Crippen LogP contribution in [-0.2, 0) is 21.2 Å². The fourth-order valence-corrected chi connectivity index (χ4v) is 5.11. The molecule has 2 aromatic rings. The molecular formula is C19H23F4N7O5S. The van der Waals surface area contributed by atoms with E-state index in [0.29, 0.717) is 0 Å². The van der Waals surface area contributed by atoms with Crippen molar-refractivity contribution in [3.8, 4) is 5.75 Å². The maximum absolute atomic E-state index is 13.0. The van der Waals surface area contributed by atoms with E-state index in [1.54, 1.807) is 4.90 Å². The van der Waals surface area contributed by atoms with E-state index >= 15 is 0 Å². The normalized spacial score (nSPS) is 16.0. The first kappa shape index (κ1) is 27.4. The Hall–Kier alpha value is -3.18. The van der Waals surface area contributed by atoms with Gasteiger partial charge in [0.2, 0.25) is 22.4 Å². The van der Waals surface area contributed by atoms with Crippen LogP contribution in [0.1, 0.15) is 12.2 Å². The van der Waals surface area contributed by atoms with Gasteiger partial charge in [0.25, 0.3) is 0 Å². The lowest BCUT2D eigenvalue weighted by molar-refractivity contribution is -0.158. The van der Waals surface area contributed by atoms with E-state index in [2.05, 4.69) is 24.7 Å². The first-order chi connectivity index (χ1) is 17.0. The standard InChI is InChI=1S/C19H23F4N7O5S/c20-14-7-24-17(25-8-14)2-1-15(30(32)13-31)11-36(33,34)29-5-3-28(4-6-29)18-26-9-16(10-27-18)35-12-19(21,22)23/h7-10,13,15,32H,1-6,11-12H2/t15-/m0/s1. The van der Waals surface area contributed by atoms with Crippen LogP contribution in [0.15, 0.2) is 24.8 Å². The third-order valence-corrected chi connectivity index (χ3v) is 7.15. The van der Waals surface area contributed by atoms with Gasteiger partial charge in [-0.05, 0) is 6.42 Å². The average molecular weight is 537 g/mol. The molecule has 0 saturated carbocycles. The van der Waals surface area contributed by atoms with Crippen LogP contribution in [-0.4, -0.2) is 100 Å². The topological polar surface area (TPSA) is 142 Å². The van der Waals surface area contributed by atoms with E-state index in [-0.39, 0.29) is 68.0 Å². The molecule has 17 heteroatoms. The molecule has 0 aromatic carbocycles. The summed E-state index contributed by atoms with van der Waals surface area (Å²) in [6, 6.07) is -1.09. The third kappa shape index (κ3) is 7.92. The summed E-state index contributed by atoms with van der Waals surface area (Å²) in [4.78, 5) is 28.2. The molecule has 1 N–H and O–H groups in total. The number of halogens is 4. The van der Waals surface area contributed by atoms with Gasteiger partial charge in [-0.25, -0.2) is 37.8 Å². The van der Waals surface area contributed by atoms with Crippen LogP contribution >= 0.6 is 0 Å². The third-order valence-electron chi connectivity index (χ3n) is 5.19. The van der Waals surface area contributed by atoms with Crippen molar-refractivity contribution < 1.29 is 40.7 Å². The number of hydrogen-bond acceptors (Lipinski definition) is 10. The fourth-order valence-electron chi connectivity index (χ4n) is 3.37. The lowest BCUT2D eigenvalue weighted by Gasteiger charge is -2.35. The van der Waals surface area contributed by atoms with Gasteiger partial charge in [-0.1, -0.05) is 0 Å². The number of alkyl halides is 3. The number of nitrogens with zero attached hydrogens (tertiary/aromatic N) is 7. The lowest BCUT2D eigenvalue weighted by atomic mass is 10.2. The van der Waals surface area contributed by atoms with Crippen LogP contribution in [0, 0.1) is 5.82 Å². The number of anilines is 1. The van der Waals surface area contributed by atoms with E-state index in [4.69, 9.17) is 0 Å². The van der Waals surface area contributed by atoms with Crippen LogP contribution in [0.2, 0.25) is 0 Å². The van der Waals surface area contributed by atoms with E-state index < -0.39 is 40.4 Å². The van der Waals surface area contributed by atoms with E-state index in [1.165, 1.54) is 4.31 Å².